The maximum Gasteiger partial charge on any atom is 0.0455 e. The van der Waals surface area contributed by atoms with Crippen LogP contribution in [0.5, 0.6) is 0 Å². The molecule has 0 saturated carbocycles. The van der Waals surface area contributed by atoms with E-state index in [0.29, 0.717) is 6.04 Å². The minimum absolute atomic E-state index is 0.691. The van der Waals surface area contributed by atoms with Gasteiger partial charge in [0.2, 0.25) is 0 Å². The third-order valence-corrected chi connectivity index (χ3v) is 3.90. The van der Waals surface area contributed by atoms with Gasteiger partial charge >= 0.3 is 0 Å². The molecule has 1 saturated heterocycles. The summed E-state index contributed by atoms with van der Waals surface area (Å²) in [6.07, 6.45) is 5.20. The van der Waals surface area contributed by atoms with E-state index in [4.69, 9.17) is 11.6 Å². The van der Waals surface area contributed by atoms with Crippen molar-refractivity contribution in [2.24, 2.45) is 0 Å². The molecule has 0 bridgehead atoms. The number of hydrogen-bond donors (Lipinski definition) is 2. The Bertz CT molecular complexity index is 359. The van der Waals surface area contributed by atoms with E-state index in [1.807, 2.05) is 12.1 Å². The second-order valence-electron chi connectivity index (χ2n) is 4.77. The molecule has 94 valence electrons. The van der Waals surface area contributed by atoms with Gasteiger partial charge in [-0.25, -0.2) is 0 Å². The summed E-state index contributed by atoms with van der Waals surface area (Å²) in [5, 5.41) is 7.88. The average molecular weight is 253 g/mol. The topological polar surface area (TPSA) is 24.1 Å². The van der Waals surface area contributed by atoms with Crippen LogP contribution in [0.1, 0.15) is 31.2 Å². The fraction of sp³-hybridized carbons (Fsp3) is 0.571. The Labute approximate surface area is 109 Å². The predicted octanol–water partition coefficient (Wildman–Crippen LogP) is 3.59. The van der Waals surface area contributed by atoms with Crippen molar-refractivity contribution in [2.45, 2.75) is 38.6 Å². The van der Waals surface area contributed by atoms with Crippen LogP contribution in [0.4, 0.5) is 5.69 Å². The Balaban J connectivity index is 1.79. The van der Waals surface area contributed by atoms with Gasteiger partial charge in [0, 0.05) is 23.3 Å². The summed E-state index contributed by atoms with van der Waals surface area (Å²) in [6.45, 7) is 4.25. The standard InChI is InChI=1S/C14H21ClN2/c1-11-13(15)6-4-7-14(11)17-10-8-12-5-2-3-9-16-12/h4,6-7,12,16-17H,2-3,5,8-10H2,1H3. The molecule has 2 rings (SSSR count). The molecule has 0 spiro atoms. The highest BCUT2D eigenvalue weighted by atomic mass is 35.5. The first-order chi connectivity index (χ1) is 8.27. The van der Waals surface area contributed by atoms with E-state index in [0.717, 1.165) is 22.8 Å². The van der Waals surface area contributed by atoms with Crippen LogP contribution in [-0.2, 0) is 0 Å². The second-order valence-corrected chi connectivity index (χ2v) is 5.18. The number of anilines is 1. The first-order valence-electron chi connectivity index (χ1n) is 6.50. The molecule has 0 radical (unpaired) electrons. The Morgan fingerprint density at radius 2 is 2.29 bits per heavy atom. The molecular weight excluding hydrogens is 232 g/mol. The van der Waals surface area contributed by atoms with Crippen LogP contribution in [0.3, 0.4) is 0 Å². The molecule has 1 fully saturated rings. The maximum atomic E-state index is 6.09. The number of piperidine rings is 1. The lowest BCUT2D eigenvalue weighted by Gasteiger charge is -2.23. The van der Waals surface area contributed by atoms with Crippen LogP contribution < -0.4 is 10.6 Å². The quantitative estimate of drug-likeness (QED) is 0.856. The van der Waals surface area contributed by atoms with Crippen molar-refractivity contribution in [1.82, 2.24) is 5.32 Å². The molecule has 1 aliphatic heterocycles. The molecule has 1 aliphatic rings. The molecule has 2 nitrogen and oxygen atoms in total. The van der Waals surface area contributed by atoms with Gasteiger partial charge in [-0.2, -0.15) is 0 Å². The van der Waals surface area contributed by atoms with Crippen LogP contribution in [0.15, 0.2) is 18.2 Å². The first-order valence-corrected chi connectivity index (χ1v) is 6.87. The number of nitrogens with one attached hydrogen (secondary N) is 2. The number of rotatable bonds is 4. The predicted molar refractivity (Wildman–Crippen MR) is 74.9 cm³/mol. The zero-order chi connectivity index (χ0) is 12.1. The van der Waals surface area contributed by atoms with Gasteiger partial charge in [0.1, 0.15) is 0 Å². The van der Waals surface area contributed by atoms with E-state index in [9.17, 15) is 0 Å². The van der Waals surface area contributed by atoms with Crippen molar-refractivity contribution >= 4 is 17.3 Å². The fourth-order valence-electron chi connectivity index (χ4n) is 2.35. The summed E-state index contributed by atoms with van der Waals surface area (Å²) in [5.41, 5.74) is 2.30. The minimum atomic E-state index is 0.691. The number of hydrogen-bond acceptors (Lipinski definition) is 2. The van der Waals surface area contributed by atoms with Crippen LogP contribution >= 0.6 is 11.6 Å². The third-order valence-electron chi connectivity index (χ3n) is 3.49. The van der Waals surface area contributed by atoms with Gasteiger partial charge in [-0.3, -0.25) is 0 Å². The van der Waals surface area contributed by atoms with E-state index >= 15 is 0 Å². The van der Waals surface area contributed by atoms with Crippen molar-refractivity contribution in [1.29, 1.82) is 0 Å². The van der Waals surface area contributed by atoms with Gasteiger partial charge in [0.25, 0.3) is 0 Å². The normalized spacial score (nSPS) is 20.2. The summed E-state index contributed by atoms with van der Waals surface area (Å²) in [6, 6.07) is 6.72. The molecule has 1 aromatic rings. The zero-order valence-electron chi connectivity index (χ0n) is 10.4. The smallest absolute Gasteiger partial charge is 0.0455 e. The van der Waals surface area contributed by atoms with E-state index in [-0.39, 0.29) is 0 Å². The van der Waals surface area contributed by atoms with Crippen LogP contribution in [0.25, 0.3) is 0 Å². The van der Waals surface area contributed by atoms with Gasteiger partial charge < -0.3 is 10.6 Å². The molecule has 1 aromatic carbocycles. The van der Waals surface area contributed by atoms with Gasteiger partial charge in [-0.15, -0.1) is 0 Å². The van der Waals surface area contributed by atoms with Crippen LogP contribution in [0, 0.1) is 6.92 Å². The molecular formula is C14H21ClN2. The Hall–Kier alpha value is -0.730. The molecule has 3 heteroatoms. The molecule has 1 unspecified atom stereocenters. The minimum Gasteiger partial charge on any atom is -0.385 e. The number of halogens is 1. The van der Waals surface area contributed by atoms with E-state index in [2.05, 4.69) is 23.6 Å². The number of benzene rings is 1. The highest BCUT2D eigenvalue weighted by Gasteiger charge is 2.11. The van der Waals surface area contributed by atoms with E-state index in [1.165, 1.54) is 32.2 Å². The van der Waals surface area contributed by atoms with Crippen molar-refractivity contribution in [2.75, 3.05) is 18.4 Å². The van der Waals surface area contributed by atoms with Crippen molar-refractivity contribution in [3.05, 3.63) is 28.8 Å². The van der Waals surface area contributed by atoms with Crippen LogP contribution in [0.2, 0.25) is 5.02 Å². The summed E-state index contributed by atoms with van der Waals surface area (Å²) < 4.78 is 0. The van der Waals surface area contributed by atoms with E-state index < -0.39 is 0 Å². The summed E-state index contributed by atoms with van der Waals surface area (Å²) in [4.78, 5) is 0. The summed E-state index contributed by atoms with van der Waals surface area (Å²) in [5.74, 6) is 0. The molecule has 1 atom stereocenters. The van der Waals surface area contributed by atoms with Gasteiger partial charge in [-0.05, 0) is 50.4 Å². The summed E-state index contributed by atoms with van der Waals surface area (Å²) >= 11 is 6.09. The lowest BCUT2D eigenvalue weighted by molar-refractivity contribution is 0.389. The first kappa shape index (κ1) is 12.7. The monoisotopic (exact) mass is 252 g/mol. The largest absolute Gasteiger partial charge is 0.385 e. The highest BCUT2D eigenvalue weighted by molar-refractivity contribution is 6.31. The van der Waals surface area contributed by atoms with Gasteiger partial charge in [0.05, 0.1) is 0 Å². The summed E-state index contributed by atoms with van der Waals surface area (Å²) in [7, 11) is 0. The third kappa shape index (κ3) is 3.62. The molecule has 0 amide bonds. The Kier molecular flexibility index (Phi) is 4.69. The molecule has 17 heavy (non-hydrogen) atoms. The van der Waals surface area contributed by atoms with Crippen molar-refractivity contribution in [3.63, 3.8) is 0 Å². The maximum absolute atomic E-state index is 6.09. The van der Waals surface area contributed by atoms with E-state index in [1.54, 1.807) is 0 Å². The van der Waals surface area contributed by atoms with Crippen molar-refractivity contribution < 1.29 is 0 Å². The Morgan fingerprint density at radius 3 is 3.06 bits per heavy atom. The molecule has 0 aliphatic carbocycles. The highest BCUT2D eigenvalue weighted by Crippen LogP contribution is 2.23. The molecule has 1 heterocycles. The molecule has 2 N–H and O–H groups in total. The van der Waals surface area contributed by atoms with Gasteiger partial charge in [-0.1, -0.05) is 24.1 Å². The average Bonchev–Trinajstić information content (AvgIpc) is 2.36. The lowest BCUT2D eigenvalue weighted by Crippen LogP contribution is -2.35. The molecule has 0 aromatic heterocycles. The van der Waals surface area contributed by atoms with Gasteiger partial charge in [0.15, 0.2) is 0 Å². The van der Waals surface area contributed by atoms with Crippen molar-refractivity contribution in [3.8, 4) is 0 Å². The fourth-order valence-corrected chi connectivity index (χ4v) is 2.52. The SMILES string of the molecule is Cc1c(Cl)cccc1NCCC1CCCCN1. The lowest BCUT2D eigenvalue weighted by atomic mass is 10.0. The Morgan fingerprint density at radius 1 is 1.41 bits per heavy atom. The van der Waals surface area contributed by atoms with Crippen LogP contribution in [-0.4, -0.2) is 19.1 Å². The second kappa shape index (κ2) is 6.27. The zero-order valence-corrected chi connectivity index (χ0v) is 11.2.